The van der Waals surface area contributed by atoms with Crippen molar-refractivity contribution in [2.45, 2.75) is 52.8 Å². The number of halogens is 2. The lowest BCUT2D eigenvalue weighted by molar-refractivity contribution is 0.0193. The van der Waals surface area contributed by atoms with Gasteiger partial charge in [0.2, 0.25) is 0 Å². The summed E-state index contributed by atoms with van der Waals surface area (Å²) in [5, 5.41) is 3.24. The lowest BCUT2D eigenvalue weighted by Crippen LogP contribution is -2.44. The molecule has 0 saturated carbocycles. The molecule has 0 aliphatic heterocycles. The number of benzene rings is 1. The van der Waals surface area contributed by atoms with E-state index in [4.69, 9.17) is 16.3 Å². The first-order valence-corrected chi connectivity index (χ1v) is 8.13. The molecule has 1 amide bonds. The van der Waals surface area contributed by atoms with Gasteiger partial charge < -0.3 is 15.0 Å². The van der Waals surface area contributed by atoms with Gasteiger partial charge in [0, 0.05) is 31.2 Å². The van der Waals surface area contributed by atoms with Gasteiger partial charge in [-0.15, -0.1) is 0 Å². The maximum atomic E-state index is 13.8. The van der Waals surface area contributed by atoms with Crippen molar-refractivity contribution >= 4 is 17.7 Å². The molecule has 6 heteroatoms. The minimum atomic E-state index is -0.526. The average molecular weight is 345 g/mol. The SMILES string of the molecule is CC(C)N(CCNCc1cccc(Cl)c1F)C(=O)OC(C)(C)C. The first-order chi connectivity index (χ1) is 10.6. The molecule has 0 bridgehead atoms. The third-order valence-electron chi connectivity index (χ3n) is 3.13. The fourth-order valence-corrected chi connectivity index (χ4v) is 2.18. The molecule has 0 atom stereocenters. The molecule has 0 aromatic heterocycles. The molecular formula is C17H26ClFN2O2. The normalized spacial score (nSPS) is 11.7. The van der Waals surface area contributed by atoms with Crippen molar-refractivity contribution in [1.82, 2.24) is 10.2 Å². The number of amides is 1. The van der Waals surface area contributed by atoms with E-state index in [1.54, 1.807) is 17.0 Å². The molecule has 0 radical (unpaired) electrons. The van der Waals surface area contributed by atoms with Crippen LogP contribution in [-0.4, -0.2) is 35.7 Å². The first-order valence-electron chi connectivity index (χ1n) is 7.75. The number of ether oxygens (including phenoxy) is 1. The van der Waals surface area contributed by atoms with Crippen molar-refractivity contribution in [3.63, 3.8) is 0 Å². The van der Waals surface area contributed by atoms with Gasteiger partial charge in [0.1, 0.15) is 11.4 Å². The van der Waals surface area contributed by atoms with E-state index in [2.05, 4.69) is 5.32 Å². The Morgan fingerprint density at radius 2 is 2.04 bits per heavy atom. The molecule has 1 rings (SSSR count). The van der Waals surface area contributed by atoms with Crippen LogP contribution in [0.3, 0.4) is 0 Å². The third-order valence-corrected chi connectivity index (χ3v) is 3.42. The molecule has 0 spiro atoms. The minimum Gasteiger partial charge on any atom is -0.444 e. The van der Waals surface area contributed by atoms with Gasteiger partial charge >= 0.3 is 6.09 Å². The predicted molar refractivity (Wildman–Crippen MR) is 91.2 cm³/mol. The molecule has 1 N–H and O–H groups in total. The van der Waals surface area contributed by atoms with E-state index < -0.39 is 11.4 Å². The number of rotatable bonds is 6. The smallest absolute Gasteiger partial charge is 0.410 e. The summed E-state index contributed by atoms with van der Waals surface area (Å²) < 4.78 is 19.2. The molecule has 130 valence electrons. The van der Waals surface area contributed by atoms with Crippen LogP contribution >= 0.6 is 11.6 Å². The van der Waals surface area contributed by atoms with Gasteiger partial charge in [-0.05, 0) is 40.7 Å². The van der Waals surface area contributed by atoms with E-state index in [0.717, 1.165) is 0 Å². The molecule has 0 saturated heterocycles. The second-order valence-corrected chi connectivity index (χ2v) is 7.06. The van der Waals surface area contributed by atoms with Gasteiger partial charge in [-0.25, -0.2) is 9.18 Å². The lowest BCUT2D eigenvalue weighted by atomic mass is 10.2. The Bertz CT molecular complexity index is 530. The monoisotopic (exact) mass is 344 g/mol. The standard InChI is InChI=1S/C17H26ClFN2O2/c1-12(2)21(16(22)23-17(3,4)5)10-9-20-11-13-7-6-8-14(18)15(13)19/h6-8,12,20H,9-11H2,1-5H3. The Morgan fingerprint density at radius 3 is 2.61 bits per heavy atom. The Labute approximate surface area is 142 Å². The van der Waals surface area contributed by atoms with Crippen LogP contribution in [0.25, 0.3) is 0 Å². The third kappa shape index (κ3) is 6.75. The second kappa shape index (κ2) is 8.50. The number of nitrogens with zero attached hydrogens (tertiary/aromatic N) is 1. The van der Waals surface area contributed by atoms with E-state index in [1.165, 1.54) is 6.07 Å². The number of carbonyl (C=O) groups excluding carboxylic acids is 1. The first kappa shape index (κ1) is 19.7. The highest BCUT2D eigenvalue weighted by atomic mass is 35.5. The van der Waals surface area contributed by atoms with Crippen LogP contribution in [0, 0.1) is 5.82 Å². The summed E-state index contributed by atoms with van der Waals surface area (Å²) in [5.41, 5.74) is -0.0208. The molecule has 0 fully saturated rings. The van der Waals surface area contributed by atoms with Gasteiger partial charge in [0.15, 0.2) is 0 Å². The highest BCUT2D eigenvalue weighted by molar-refractivity contribution is 6.30. The van der Waals surface area contributed by atoms with Crippen LogP contribution in [0.15, 0.2) is 18.2 Å². The summed E-state index contributed by atoms with van der Waals surface area (Å²) in [5.74, 6) is -0.408. The number of carbonyl (C=O) groups is 1. The van der Waals surface area contributed by atoms with Crippen LogP contribution < -0.4 is 5.32 Å². The quantitative estimate of drug-likeness (QED) is 0.786. The van der Waals surface area contributed by atoms with Crippen LogP contribution in [0.2, 0.25) is 5.02 Å². The highest BCUT2D eigenvalue weighted by Crippen LogP contribution is 2.17. The zero-order chi connectivity index (χ0) is 17.6. The van der Waals surface area contributed by atoms with E-state index in [9.17, 15) is 9.18 Å². The summed E-state index contributed by atoms with van der Waals surface area (Å²) in [7, 11) is 0. The van der Waals surface area contributed by atoms with E-state index in [1.807, 2.05) is 34.6 Å². The number of hydrogen-bond acceptors (Lipinski definition) is 3. The van der Waals surface area contributed by atoms with Crippen LogP contribution in [0.4, 0.5) is 9.18 Å². The van der Waals surface area contributed by atoms with Crippen molar-refractivity contribution in [3.05, 3.63) is 34.6 Å². The molecule has 23 heavy (non-hydrogen) atoms. The zero-order valence-electron chi connectivity index (χ0n) is 14.5. The van der Waals surface area contributed by atoms with Crippen LogP contribution in [0.1, 0.15) is 40.2 Å². The fourth-order valence-electron chi connectivity index (χ4n) is 1.99. The summed E-state index contributed by atoms with van der Waals surface area (Å²) in [6, 6.07) is 4.93. The number of hydrogen-bond donors (Lipinski definition) is 1. The van der Waals surface area contributed by atoms with Gasteiger partial charge in [0.05, 0.1) is 5.02 Å². The molecule has 1 aromatic carbocycles. The number of nitrogens with one attached hydrogen (secondary N) is 1. The van der Waals surface area contributed by atoms with Gasteiger partial charge in [-0.2, -0.15) is 0 Å². The van der Waals surface area contributed by atoms with E-state index in [-0.39, 0.29) is 17.2 Å². The molecule has 4 nitrogen and oxygen atoms in total. The largest absolute Gasteiger partial charge is 0.444 e. The van der Waals surface area contributed by atoms with Gasteiger partial charge in [0.25, 0.3) is 0 Å². The molecular weight excluding hydrogens is 319 g/mol. The summed E-state index contributed by atoms with van der Waals surface area (Å²) in [4.78, 5) is 13.8. The van der Waals surface area contributed by atoms with Crippen LogP contribution in [-0.2, 0) is 11.3 Å². The zero-order valence-corrected chi connectivity index (χ0v) is 15.2. The van der Waals surface area contributed by atoms with Gasteiger partial charge in [-0.3, -0.25) is 0 Å². The van der Waals surface area contributed by atoms with Crippen molar-refractivity contribution in [3.8, 4) is 0 Å². The van der Waals surface area contributed by atoms with Crippen molar-refractivity contribution in [1.29, 1.82) is 0 Å². The van der Waals surface area contributed by atoms with Crippen LogP contribution in [0.5, 0.6) is 0 Å². The Hall–Kier alpha value is -1.33. The topological polar surface area (TPSA) is 41.6 Å². The van der Waals surface area contributed by atoms with Crippen molar-refractivity contribution in [2.75, 3.05) is 13.1 Å². The lowest BCUT2D eigenvalue weighted by Gasteiger charge is -2.30. The molecule has 0 unspecified atom stereocenters. The Morgan fingerprint density at radius 1 is 1.39 bits per heavy atom. The van der Waals surface area contributed by atoms with E-state index in [0.29, 0.717) is 25.2 Å². The summed E-state index contributed by atoms with van der Waals surface area (Å²) in [6.45, 7) is 10.7. The van der Waals surface area contributed by atoms with Crippen molar-refractivity contribution < 1.29 is 13.9 Å². The molecule has 1 aromatic rings. The Balaban J connectivity index is 2.50. The van der Waals surface area contributed by atoms with Crippen molar-refractivity contribution in [2.24, 2.45) is 0 Å². The fraction of sp³-hybridized carbons (Fsp3) is 0.588. The second-order valence-electron chi connectivity index (χ2n) is 6.66. The molecule has 0 aliphatic rings. The molecule has 0 aliphatic carbocycles. The predicted octanol–water partition coefficient (Wildman–Crippen LogP) is 4.21. The molecule has 0 heterocycles. The maximum Gasteiger partial charge on any atom is 0.410 e. The minimum absolute atomic E-state index is 0.0227. The Kier molecular flexibility index (Phi) is 7.29. The highest BCUT2D eigenvalue weighted by Gasteiger charge is 2.23. The summed E-state index contributed by atoms with van der Waals surface area (Å²) >= 11 is 5.75. The maximum absolute atomic E-state index is 13.8. The van der Waals surface area contributed by atoms with Gasteiger partial charge in [-0.1, -0.05) is 23.7 Å². The average Bonchev–Trinajstić information content (AvgIpc) is 2.40. The van der Waals surface area contributed by atoms with E-state index >= 15 is 0 Å². The summed E-state index contributed by atoms with van der Waals surface area (Å²) in [6.07, 6.45) is -0.344.